The molecular formula is C13H14F2O3. The van der Waals surface area contributed by atoms with Crippen molar-refractivity contribution in [2.45, 2.75) is 18.9 Å². The molecule has 0 bridgehead atoms. The van der Waals surface area contributed by atoms with Gasteiger partial charge in [0, 0.05) is 18.8 Å². The van der Waals surface area contributed by atoms with E-state index >= 15 is 0 Å². The van der Waals surface area contributed by atoms with Gasteiger partial charge in [-0.1, -0.05) is 0 Å². The first-order chi connectivity index (χ1) is 8.66. The lowest BCUT2D eigenvalue weighted by molar-refractivity contribution is -0.0262. The van der Waals surface area contributed by atoms with Crippen LogP contribution >= 0.6 is 0 Å². The van der Waals surface area contributed by atoms with Crippen LogP contribution in [0.3, 0.4) is 0 Å². The molecule has 18 heavy (non-hydrogen) atoms. The summed E-state index contributed by atoms with van der Waals surface area (Å²) in [5.74, 6) is -2.33. The van der Waals surface area contributed by atoms with Crippen LogP contribution in [0.4, 0.5) is 8.78 Å². The lowest BCUT2D eigenvalue weighted by atomic mass is 10.1. The van der Waals surface area contributed by atoms with Gasteiger partial charge in [-0.2, -0.15) is 0 Å². The zero-order valence-corrected chi connectivity index (χ0v) is 9.83. The van der Waals surface area contributed by atoms with E-state index in [-0.39, 0.29) is 24.1 Å². The van der Waals surface area contributed by atoms with E-state index in [0.29, 0.717) is 13.2 Å². The minimum Gasteiger partial charge on any atom is -0.381 e. The first-order valence-corrected chi connectivity index (χ1v) is 5.84. The third kappa shape index (κ3) is 3.34. The fraction of sp³-hybridized carbons (Fsp3) is 0.462. The largest absolute Gasteiger partial charge is 0.381 e. The van der Waals surface area contributed by atoms with Crippen molar-refractivity contribution in [2.75, 3.05) is 19.8 Å². The molecule has 0 unspecified atom stereocenters. The van der Waals surface area contributed by atoms with Crippen LogP contribution in [0.2, 0.25) is 0 Å². The Morgan fingerprint density at radius 3 is 2.67 bits per heavy atom. The standard InChI is InChI=1S/C13H14F2O3/c14-11-2-1-9(7-12(11)15)13(16)8-18-10-3-5-17-6-4-10/h1-2,7,10H,3-6,8H2. The summed E-state index contributed by atoms with van der Waals surface area (Å²) in [7, 11) is 0. The molecule has 0 aromatic heterocycles. The average molecular weight is 256 g/mol. The first kappa shape index (κ1) is 13.1. The van der Waals surface area contributed by atoms with E-state index in [9.17, 15) is 13.6 Å². The maximum atomic E-state index is 12.9. The molecule has 1 aliphatic rings. The number of ketones is 1. The highest BCUT2D eigenvalue weighted by Crippen LogP contribution is 2.13. The summed E-state index contributed by atoms with van der Waals surface area (Å²) in [6.07, 6.45) is 1.52. The van der Waals surface area contributed by atoms with Crippen LogP contribution in [0.25, 0.3) is 0 Å². The number of hydrogen-bond donors (Lipinski definition) is 0. The predicted molar refractivity (Wildman–Crippen MR) is 60.5 cm³/mol. The van der Waals surface area contributed by atoms with E-state index < -0.39 is 11.6 Å². The van der Waals surface area contributed by atoms with Gasteiger partial charge in [0.15, 0.2) is 17.4 Å². The smallest absolute Gasteiger partial charge is 0.188 e. The number of halogens is 2. The van der Waals surface area contributed by atoms with Gasteiger partial charge in [0.25, 0.3) is 0 Å². The Balaban J connectivity index is 1.88. The van der Waals surface area contributed by atoms with Crippen LogP contribution in [-0.4, -0.2) is 31.7 Å². The van der Waals surface area contributed by atoms with E-state index in [4.69, 9.17) is 9.47 Å². The zero-order valence-electron chi connectivity index (χ0n) is 9.83. The first-order valence-electron chi connectivity index (χ1n) is 5.84. The molecule has 5 heteroatoms. The summed E-state index contributed by atoms with van der Waals surface area (Å²) < 4.78 is 36.2. The number of carbonyl (C=O) groups is 1. The third-order valence-electron chi connectivity index (χ3n) is 2.86. The van der Waals surface area contributed by atoms with Crippen LogP contribution < -0.4 is 0 Å². The maximum Gasteiger partial charge on any atom is 0.188 e. The van der Waals surface area contributed by atoms with Crippen molar-refractivity contribution < 1.29 is 23.0 Å². The monoisotopic (exact) mass is 256 g/mol. The van der Waals surface area contributed by atoms with Crippen molar-refractivity contribution in [3.05, 3.63) is 35.4 Å². The van der Waals surface area contributed by atoms with Gasteiger partial charge in [0.05, 0.1) is 6.10 Å². The van der Waals surface area contributed by atoms with Crippen molar-refractivity contribution in [2.24, 2.45) is 0 Å². The van der Waals surface area contributed by atoms with Gasteiger partial charge >= 0.3 is 0 Å². The minimum atomic E-state index is -1.02. The molecule has 0 amide bonds. The Morgan fingerprint density at radius 2 is 2.00 bits per heavy atom. The van der Waals surface area contributed by atoms with Crippen LogP contribution in [0.15, 0.2) is 18.2 Å². The molecule has 1 saturated heterocycles. The molecule has 0 radical (unpaired) electrons. The molecule has 98 valence electrons. The molecule has 0 atom stereocenters. The van der Waals surface area contributed by atoms with E-state index in [0.717, 1.165) is 25.0 Å². The number of Topliss-reactive ketones (excluding diaryl/α,β-unsaturated/α-hetero) is 1. The predicted octanol–water partition coefficient (Wildman–Crippen LogP) is 2.34. The Morgan fingerprint density at radius 1 is 1.28 bits per heavy atom. The van der Waals surface area contributed by atoms with Crippen LogP contribution in [0.1, 0.15) is 23.2 Å². The number of carbonyl (C=O) groups excluding carboxylic acids is 1. The lowest BCUT2D eigenvalue weighted by Crippen LogP contribution is -2.25. The highest BCUT2D eigenvalue weighted by molar-refractivity contribution is 5.97. The molecule has 0 aliphatic carbocycles. The maximum absolute atomic E-state index is 12.9. The topological polar surface area (TPSA) is 35.5 Å². The van der Waals surface area contributed by atoms with Crippen molar-refractivity contribution >= 4 is 5.78 Å². The van der Waals surface area contributed by atoms with Gasteiger partial charge in [0.1, 0.15) is 6.61 Å². The third-order valence-corrected chi connectivity index (χ3v) is 2.86. The summed E-state index contributed by atoms with van der Waals surface area (Å²) >= 11 is 0. The van der Waals surface area contributed by atoms with E-state index in [1.54, 1.807) is 0 Å². The number of rotatable bonds is 4. The van der Waals surface area contributed by atoms with Gasteiger partial charge in [-0.25, -0.2) is 8.78 Å². The fourth-order valence-electron chi connectivity index (χ4n) is 1.79. The van der Waals surface area contributed by atoms with Crippen LogP contribution in [-0.2, 0) is 9.47 Å². The fourth-order valence-corrected chi connectivity index (χ4v) is 1.79. The van der Waals surface area contributed by atoms with E-state index in [2.05, 4.69) is 0 Å². The van der Waals surface area contributed by atoms with Gasteiger partial charge < -0.3 is 9.47 Å². The van der Waals surface area contributed by atoms with Crippen molar-refractivity contribution in [1.82, 2.24) is 0 Å². The molecule has 2 rings (SSSR count). The van der Waals surface area contributed by atoms with Gasteiger partial charge in [0.2, 0.25) is 0 Å². The van der Waals surface area contributed by atoms with E-state index in [1.807, 2.05) is 0 Å². The van der Waals surface area contributed by atoms with Gasteiger partial charge in [-0.05, 0) is 31.0 Å². The summed E-state index contributed by atoms with van der Waals surface area (Å²) in [6.45, 7) is 1.14. The SMILES string of the molecule is O=C(COC1CCOCC1)c1ccc(F)c(F)c1. The summed E-state index contributed by atoms with van der Waals surface area (Å²) in [5, 5.41) is 0. The highest BCUT2D eigenvalue weighted by atomic mass is 19.2. The Hall–Kier alpha value is -1.33. The molecule has 1 fully saturated rings. The lowest BCUT2D eigenvalue weighted by Gasteiger charge is -2.21. The summed E-state index contributed by atoms with van der Waals surface area (Å²) in [4.78, 5) is 11.7. The Labute approximate surface area is 104 Å². The molecule has 1 heterocycles. The molecule has 0 spiro atoms. The second-order valence-corrected chi connectivity index (χ2v) is 4.17. The molecule has 1 aliphatic heterocycles. The zero-order chi connectivity index (χ0) is 13.0. The minimum absolute atomic E-state index is 0.00740. The average Bonchev–Trinajstić information content (AvgIpc) is 2.40. The van der Waals surface area contributed by atoms with Crippen molar-refractivity contribution in [3.63, 3.8) is 0 Å². The summed E-state index contributed by atoms with van der Waals surface area (Å²) in [5.41, 5.74) is 0.126. The van der Waals surface area contributed by atoms with Crippen molar-refractivity contribution in [3.8, 4) is 0 Å². The van der Waals surface area contributed by atoms with E-state index in [1.165, 1.54) is 6.07 Å². The highest BCUT2D eigenvalue weighted by Gasteiger charge is 2.16. The number of benzene rings is 1. The molecule has 1 aromatic carbocycles. The van der Waals surface area contributed by atoms with Gasteiger partial charge in [-0.3, -0.25) is 4.79 Å². The molecular weight excluding hydrogens is 242 g/mol. The quantitative estimate of drug-likeness (QED) is 0.776. The number of ether oxygens (including phenoxy) is 2. The van der Waals surface area contributed by atoms with Crippen molar-refractivity contribution in [1.29, 1.82) is 0 Å². The summed E-state index contributed by atoms with van der Waals surface area (Å²) in [6, 6.07) is 3.09. The molecule has 0 saturated carbocycles. The Kier molecular flexibility index (Phi) is 4.38. The molecule has 3 nitrogen and oxygen atoms in total. The van der Waals surface area contributed by atoms with Crippen LogP contribution in [0.5, 0.6) is 0 Å². The van der Waals surface area contributed by atoms with Gasteiger partial charge in [-0.15, -0.1) is 0 Å². The second-order valence-electron chi connectivity index (χ2n) is 4.17. The molecule has 1 aromatic rings. The van der Waals surface area contributed by atoms with Crippen LogP contribution in [0, 0.1) is 11.6 Å². The Bertz CT molecular complexity index is 428. The second kappa shape index (κ2) is 6.02. The number of hydrogen-bond acceptors (Lipinski definition) is 3. The molecule has 0 N–H and O–H groups in total. The normalized spacial score (nSPS) is 16.8.